The lowest BCUT2D eigenvalue weighted by molar-refractivity contribution is -0.384. The third-order valence-corrected chi connectivity index (χ3v) is 2.75. The van der Waals surface area contributed by atoms with Crippen molar-refractivity contribution in [2.45, 2.75) is 6.92 Å². The van der Waals surface area contributed by atoms with Crippen LogP contribution in [0.3, 0.4) is 0 Å². The van der Waals surface area contributed by atoms with E-state index in [-0.39, 0.29) is 17.9 Å². The average Bonchev–Trinajstić information content (AvgIpc) is 2.48. The Bertz CT molecular complexity index is 638. The Morgan fingerprint density at radius 1 is 1.15 bits per heavy atom. The lowest BCUT2D eigenvalue weighted by atomic mass is 10.0. The molecule has 0 unspecified atom stereocenters. The minimum Gasteiger partial charge on any atom is -0.462 e. The van der Waals surface area contributed by atoms with Crippen LogP contribution in [0.25, 0.3) is 11.1 Å². The molecule has 0 aliphatic heterocycles. The third-order valence-electron chi connectivity index (χ3n) is 2.75. The molecular formula is C15H13NO4. The first-order chi connectivity index (χ1) is 9.61. The quantitative estimate of drug-likeness (QED) is 0.485. The van der Waals surface area contributed by atoms with E-state index in [0.29, 0.717) is 5.56 Å². The third kappa shape index (κ3) is 3.00. The molecule has 0 fully saturated rings. The summed E-state index contributed by atoms with van der Waals surface area (Å²) < 4.78 is 4.89. The maximum absolute atomic E-state index is 11.8. The second kappa shape index (κ2) is 5.97. The van der Waals surface area contributed by atoms with Crippen molar-refractivity contribution >= 4 is 11.7 Å². The molecule has 2 rings (SSSR count). The zero-order chi connectivity index (χ0) is 14.5. The van der Waals surface area contributed by atoms with Crippen molar-refractivity contribution in [1.29, 1.82) is 0 Å². The predicted octanol–water partition coefficient (Wildman–Crippen LogP) is 3.44. The van der Waals surface area contributed by atoms with E-state index in [9.17, 15) is 14.9 Å². The molecule has 0 radical (unpaired) electrons. The van der Waals surface area contributed by atoms with Crippen LogP contribution < -0.4 is 0 Å². The maximum atomic E-state index is 11.8. The van der Waals surface area contributed by atoms with Gasteiger partial charge in [-0.1, -0.05) is 30.3 Å². The minimum absolute atomic E-state index is 0.130. The van der Waals surface area contributed by atoms with Crippen LogP contribution in [0.15, 0.2) is 48.5 Å². The summed E-state index contributed by atoms with van der Waals surface area (Å²) in [6.07, 6.45) is 0. The summed E-state index contributed by atoms with van der Waals surface area (Å²) in [5.74, 6) is -0.562. The van der Waals surface area contributed by atoms with Crippen LogP contribution in [-0.2, 0) is 4.74 Å². The van der Waals surface area contributed by atoms with Crippen molar-refractivity contribution in [3.05, 3.63) is 64.2 Å². The van der Waals surface area contributed by atoms with Crippen LogP contribution in [-0.4, -0.2) is 17.5 Å². The average molecular weight is 271 g/mol. The topological polar surface area (TPSA) is 69.4 Å². The molecule has 0 saturated heterocycles. The fourth-order valence-electron chi connectivity index (χ4n) is 1.85. The van der Waals surface area contributed by atoms with Crippen molar-refractivity contribution in [3.8, 4) is 11.1 Å². The molecule has 0 bridgehead atoms. The van der Waals surface area contributed by atoms with Crippen molar-refractivity contribution < 1.29 is 14.5 Å². The van der Waals surface area contributed by atoms with Gasteiger partial charge in [-0.25, -0.2) is 4.79 Å². The number of carbonyl (C=O) groups is 1. The Kier molecular flexibility index (Phi) is 4.10. The number of benzene rings is 2. The fraction of sp³-hybridized carbons (Fsp3) is 0.133. The molecule has 0 atom stereocenters. The van der Waals surface area contributed by atoms with Gasteiger partial charge < -0.3 is 4.74 Å². The van der Waals surface area contributed by atoms with Crippen LogP contribution in [0, 0.1) is 10.1 Å². The van der Waals surface area contributed by atoms with Crippen molar-refractivity contribution in [2.75, 3.05) is 6.61 Å². The Morgan fingerprint density at radius 3 is 2.45 bits per heavy atom. The number of nitro benzene ring substituents is 1. The van der Waals surface area contributed by atoms with E-state index in [1.807, 2.05) is 30.3 Å². The summed E-state index contributed by atoms with van der Waals surface area (Å²) >= 11 is 0. The van der Waals surface area contributed by atoms with Gasteiger partial charge >= 0.3 is 5.97 Å². The first kappa shape index (κ1) is 13.7. The number of carbonyl (C=O) groups excluding carboxylic acids is 1. The minimum atomic E-state index is -0.562. The van der Waals surface area contributed by atoms with Crippen LogP contribution in [0.5, 0.6) is 0 Å². The molecule has 0 heterocycles. The Hall–Kier alpha value is -2.69. The number of nitrogens with zero attached hydrogens (tertiary/aromatic N) is 1. The zero-order valence-corrected chi connectivity index (χ0v) is 10.9. The van der Waals surface area contributed by atoms with E-state index < -0.39 is 10.9 Å². The normalized spacial score (nSPS) is 10.1. The number of nitro groups is 1. The summed E-state index contributed by atoms with van der Waals surface area (Å²) in [7, 11) is 0. The van der Waals surface area contributed by atoms with Crippen LogP contribution >= 0.6 is 0 Å². The van der Waals surface area contributed by atoms with E-state index >= 15 is 0 Å². The van der Waals surface area contributed by atoms with E-state index in [1.165, 1.54) is 12.1 Å². The van der Waals surface area contributed by atoms with Gasteiger partial charge in [-0.05, 0) is 24.1 Å². The highest BCUT2D eigenvalue weighted by atomic mass is 16.6. The highest BCUT2D eigenvalue weighted by Crippen LogP contribution is 2.26. The molecular weight excluding hydrogens is 258 g/mol. The van der Waals surface area contributed by atoms with Crippen LogP contribution in [0.4, 0.5) is 5.69 Å². The number of hydrogen-bond acceptors (Lipinski definition) is 4. The largest absolute Gasteiger partial charge is 0.462 e. The molecule has 0 amide bonds. The van der Waals surface area contributed by atoms with E-state index in [4.69, 9.17) is 4.74 Å². The van der Waals surface area contributed by atoms with Gasteiger partial charge in [0.15, 0.2) is 0 Å². The predicted molar refractivity (Wildman–Crippen MR) is 74.5 cm³/mol. The molecule has 2 aromatic rings. The molecule has 102 valence electrons. The van der Waals surface area contributed by atoms with Crippen molar-refractivity contribution in [2.24, 2.45) is 0 Å². The lowest BCUT2D eigenvalue weighted by Gasteiger charge is -2.06. The number of rotatable bonds is 4. The molecule has 0 saturated carbocycles. The van der Waals surface area contributed by atoms with Crippen LogP contribution in [0.1, 0.15) is 17.3 Å². The van der Waals surface area contributed by atoms with Gasteiger partial charge in [0.1, 0.15) is 0 Å². The second-order valence-corrected chi connectivity index (χ2v) is 4.11. The fourth-order valence-corrected chi connectivity index (χ4v) is 1.85. The standard InChI is InChI=1S/C15H13NO4/c1-2-20-15(17)13-8-12(9-14(10-13)16(18)19)11-6-4-3-5-7-11/h3-10H,2H2,1H3. The van der Waals surface area contributed by atoms with E-state index in [0.717, 1.165) is 5.56 Å². The van der Waals surface area contributed by atoms with Gasteiger partial charge in [-0.15, -0.1) is 0 Å². The Morgan fingerprint density at radius 2 is 1.85 bits per heavy atom. The molecule has 0 aliphatic rings. The monoisotopic (exact) mass is 271 g/mol. The summed E-state index contributed by atoms with van der Waals surface area (Å²) in [5.41, 5.74) is 1.47. The lowest BCUT2D eigenvalue weighted by Crippen LogP contribution is -2.05. The molecule has 0 aliphatic carbocycles. The summed E-state index contributed by atoms with van der Waals surface area (Å²) in [6, 6.07) is 13.4. The molecule has 20 heavy (non-hydrogen) atoms. The Labute approximate surface area is 116 Å². The van der Waals surface area contributed by atoms with E-state index in [2.05, 4.69) is 0 Å². The number of non-ortho nitro benzene ring substituents is 1. The number of hydrogen-bond donors (Lipinski definition) is 0. The molecule has 0 spiro atoms. The van der Waals surface area contributed by atoms with Crippen molar-refractivity contribution in [1.82, 2.24) is 0 Å². The van der Waals surface area contributed by atoms with Gasteiger partial charge in [0.25, 0.3) is 5.69 Å². The summed E-state index contributed by atoms with van der Waals surface area (Å²) in [4.78, 5) is 22.2. The first-order valence-corrected chi connectivity index (χ1v) is 6.14. The SMILES string of the molecule is CCOC(=O)c1cc(-c2ccccc2)cc([N+](=O)[O-])c1. The highest BCUT2D eigenvalue weighted by molar-refractivity contribution is 5.92. The maximum Gasteiger partial charge on any atom is 0.338 e. The van der Waals surface area contributed by atoms with Gasteiger partial charge in [-0.2, -0.15) is 0 Å². The molecule has 0 N–H and O–H groups in total. The number of ether oxygens (including phenoxy) is 1. The van der Waals surface area contributed by atoms with Gasteiger partial charge in [0, 0.05) is 12.1 Å². The van der Waals surface area contributed by atoms with Crippen molar-refractivity contribution in [3.63, 3.8) is 0 Å². The highest BCUT2D eigenvalue weighted by Gasteiger charge is 2.15. The summed E-state index contributed by atoms with van der Waals surface area (Å²) in [5, 5.41) is 11.0. The van der Waals surface area contributed by atoms with Gasteiger partial charge in [0.05, 0.1) is 17.1 Å². The molecule has 2 aromatic carbocycles. The van der Waals surface area contributed by atoms with Crippen LogP contribution in [0.2, 0.25) is 0 Å². The first-order valence-electron chi connectivity index (χ1n) is 6.14. The molecule has 0 aromatic heterocycles. The van der Waals surface area contributed by atoms with Gasteiger partial charge in [0.2, 0.25) is 0 Å². The smallest absolute Gasteiger partial charge is 0.338 e. The zero-order valence-electron chi connectivity index (χ0n) is 10.9. The molecule has 5 nitrogen and oxygen atoms in total. The second-order valence-electron chi connectivity index (χ2n) is 4.11. The number of esters is 1. The summed E-state index contributed by atoms with van der Waals surface area (Å²) in [6.45, 7) is 1.91. The molecule has 5 heteroatoms. The van der Waals surface area contributed by atoms with Gasteiger partial charge in [-0.3, -0.25) is 10.1 Å². The van der Waals surface area contributed by atoms with E-state index in [1.54, 1.807) is 13.0 Å². The Balaban J connectivity index is 2.52.